The average molecular weight is 460 g/mol. The second-order valence-electron chi connectivity index (χ2n) is 10.2. The van der Waals surface area contributed by atoms with Gasteiger partial charge in [-0.2, -0.15) is 0 Å². The van der Waals surface area contributed by atoms with Crippen LogP contribution in [-0.4, -0.2) is 24.4 Å². The Hall–Kier alpha value is -2.35. The van der Waals surface area contributed by atoms with Gasteiger partial charge in [-0.25, -0.2) is 0 Å². The molecule has 1 amide bonds. The molecule has 2 aromatic carbocycles. The van der Waals surface area contributed by atoms with E-state index < -0.39 is 0 Å². The first-order chi connectivity index (χ1) is 16.5. The molecule has 0 radical (unpaired) electrons. The van der Waals surface area contributed by atoms with Gasteiger partial charge in [0.15, 0.2) is 0 Å². The number of hydrogen-bond acceptors (Lipinski definition) is 1. The Morgan fingerprint density at radius 2 is 1.74 bits per heavy atom. The fraction of sp³-hybridized carbons (Fsp3) is 0.531. The number of likely N-dealkylation sites (N-methyl/N-ethyl adjacent to an activating group) is 1. The number of rotatable bonds is 12. The zero-order chi connectivity index (χ0) is 24.3. The summed E-state index contributed by atoms with van der Waals surface area (Å²) in [6.07, 6.45) is 15.5. The molecule has 0 unspecified atom stereocenters. The van der Waals surface area contributed by atoms with Gasteiger partial charge >= 0.3 is 0 Å². The summed E-state index contributed by atoms with van der Waals surface area (Å²) in [5.74, 6) is 1.71. The highest BCUT2D eigenvalue weighted by Crippen LogP contribution is 2.38. The van der Waals surface area contributed by atoms with Crippen LogP contribution in [0.15, 0.2) is 55.1 Å². The second kappa shape index (κ2) is 13.5. The molecule has 0 saturated heterocycles. The highest BCUT2D eigenvalue weighted by Gasteiger charge is 2.22. The van der Waals surface area contributed by atoms with Crippen LogP contribution in [0.3, 0.4) is 0 Å². The van der Waals surface area contributed by atoms with Crippen LogP contribution in [0.25, 0.3) is 11.1 Å². The van der Waals surface area contributed by atoms with Crippen molar-refractivity contribution in [3.8, 4) is 11.1 Å². The molecule has 2 aromatic rings. The molecule has 1 aliphatic carbocycles. The lowest BCUT2D eigenvalue weighted by Gasteiger charge is -2.29. The largest absolute Gasteiger partial charge is 0.342 e. The molecule has 0 spiro atoms. The second-order valence-corrected chi connectivity index (χ2v) is 10.2. The van der Waals surface area contributed by atoms with Crippen molar-refractivity contribution in [2.75, 3.05) is 13.6 Å². The Morgan fingerprint density at radius 3 is 2.38 bits per heavy atom. The van der Waals surface area contributed by atoms with Gasteiger partial charge in [0, 0.05) is 13.6 Å². The molecule has 0 aliphatic heterocycles. The van der Waals surface area contributed by atoms with Crippen molar-refractivity contribution < 1.29 is 4.79 Å². The third-order valence-electron chi connectivity index (χ3n) is 7.82. The number of unbranched alkanes of at least 4 members (excludes halogenated alkanes) is 2. The lowest BCUT2D eigenvalue weighted by Crippen LogP contribution is -2.25. The van der Waals surface area contributed by atoms with E-state index in [2.05, 4.69) is 62.9 Å². The topological polar surface area (TPSA) is 20.3 Å². The molecule has 3 rings (SSSR count). The Labute approximate surface area is 208 Å². The normalized spacial score (nSPS) is 18.0. The van der Waals surface area contributed by atoms with Crippen LogP contribution in [0.2, 0.25) is 0 Å². The summed E-state index contributed by atoms with van der Waals surface area (Å²) in [7, 11) is 1.84. The SMILES string of the molecule is C=CC(=O)N(C)CCCc1ccc(-c2ccc(C3CCC(CCCCC)CC3)cc2)c(CC)c1. The van der Waals surface area contributed by atoms with Crippen molar-refractivity contribution in [2.45, 2.75) is 90.4 Å². The minimum absolute atomic E-state index is 0.00643. The third kappa shape index (κ3) is 7.32. The van der Waals surface area contributed by atoms with Gasteiger partial charge in [0.2, 0.25) is 5.91 Å². The minimum Gasteiger partial charge on any atom is -0.342 e. The standard InChI is InChI=1S/C32H45NO/c1-5-8-9-11-25-13-16-28(17-14-25)29-18-20-30(21-19-29)31-22-15-26(24-27(31)6-2)12-10-23-33(4)32(34)7-3/h7,15,18-22,24-25,28H,3,5-6,8-14,16-17,23H2,1-2,4H3. The van der Waals surface area contributed by atoms with Gasteiger partial charge in [-0.05, 0) is 90.7 Å². The van der Waals surface area contributed by atoms with Crippen molar-refractivity contribution in [2.24, 2.45) is 5.92 Å². The number of nitrogens with zero attached hydrogens (tertiary/aromatic N) is 1. The lowest BCUT2D eigenvalue weighted by molar-refractivity contribution is -0.124. The van der Waals surface area contributed by atoms with Crippen LogP contribution in [0, 0.1) is 5.92 Å². The van der Waals surface area contributed by atoms with Crippen LogP contribution in [0.1, 0.15) is 94.2 Å². The summed E-state index contributed by atoms with van der Waals surface area (Å²) in [4.78, 5) is 13.4. The lowest BCUT2D eigenvalue weighted by atomic mass is 9.77. The highest BCUT2D eigenvalue weighted by molar-refractivity contribution is 5.86. The Morgan fingerprint density at radius 1 is 1.00 bits per heavy atom. The quantitative estimate of drug-likeness (QED) is 0.231. The average Bonchev–Trinajstić information content (AvgIpc) is 2.88. The van der Waals surface area contributed by atoms with Crippen LogP contribution in [0.4, 0.5) is 0 Å². The predicted octanol–water partition coefficient (Wildman–Crippen LogP) is 8.35. The highest BCUT2D eigenvalue weighted by atomic mass is 16.2. The van der Waals surface area contributed by atoms with Gasteiger partial charge in [0.1, 0.15) is 0 Å². The smallest absolute Gasteiger partial charge is 0.245 e. The molecule has 2 heteroatoms. The molecule has 1 saturated carbocycles. The summed E-state index contributed by atoms with van der Waals surface area (Å²) in [5, 5.41) is 0. The molecular formula is C32H45NO. The van der Waals surface area contributed by atoms with E-state index >= 15 is 0 Å². The molecule has 0 bridgehead atoms. The van der Waals surface area contributed by atoms with Crippen LogP contribution < -0.4 is 0 Å². The maximum Gasteiger partial charge on any atom is 0.245 e. The van der Waals surface area contributed by atoms with E-state index in [0.717, 1.165) is 37.6 Å². The van der Waals surface area contributed by atoms with E-state index in [1.165, 1.54) is 85.3 Å². The first kappa shape index (κ1) is 26.3. The number of aryl methyl sites for hydroxylation is 2. The zero-order valence-corrected chi connectivity index (χ0v) is 21.8. The molecular weight excluding hydrogens is 414 g/mol. The van der Waals surface area contributed by atoms with Crippen molar-refractivity contribution in [3.05, 3.63) is 71.8 Å². The Bertz CT molecular complexity index is 905. The maximum absolute atomic E-state index is 11.7. The van der Waals surface area contributed by atoms with E-state index in [9.17, 15) is 4.79 Å². The summed E-state index contributed by atoms with van der Waals surface area (Å²) < 4.78 is 0. The van der Waals surface area contributed by atoms with Gasteiger partial charge in [-0.15, -0.1) is 0 Å². The molecule has 34 heavy (non-hydrogen) atoms. The summed E-state index contributed by atoms with van der Waals surface area (Å²) >= 11 is 0. The van der Waals surface area contributed by atoms with Crippen molar-refractivity contribution in [1.29, 1.82) is 0 Å². The van der Waals surface area contributed by atoms with E-state index in [1.807, 2.05) is 7.05 Å². The first-order valence-corrected chi connectivity index (χ1v) is 13.6. The molecule has 2 nitrogen and oxygen atoms in total. The fourth-order valence-electron chi connectivity index (χ4n) is 5.57. The van der Waals surface area contributed by atoms with Crippen molar-refractivity contribution in [1.82, 2.24) is 4.90 Å². The minimum atomic E-state index is -0.00643. The van der Waals surface area contributed by atoms with Crippen molar-refractivity contribution >= 4 is 5.91 Å². The maximum atomic E-state index is 11.7. The molecule has 0 atom stereocenters. The summed E-state index contributed by atoms with van der Waals surface area (Å²) in [6, 6.07) is 16.4. The van der Waals surface area contributed by atoms with E-state index in [0.29, 0.717) is 0 Å². The molecule has 0 heterocycles. The Balaban J connectivity index is 1.57. The molecule has 1 fully saturated rings. The van der Waals surface area contributed by atoms with E-state index in [-0.39, 0.29) is 5.91 Å². The zero-order valence-electron chi connectivity index (χ0n) is 21.8. The summed E-state index contributed by atoms with van der Waals surface area (Å²) in [5.41, 5.74) is 6.98. The van der Waals surface area contributed by atoms with Crippen LogP contribution in [0.5, 0.6) is 0 Å². The number of carbonyl (C=O) groups is 1. The number of benzene rings is 2. The third-order valence-corrected chi connectivity index (χ3v) is 7.82. The molecule has 0 aromatic heterocycles. The van der Waals surface area contributed by atoms with E-state index in [1.54, 1.807) is 4.90 Å². The fourth-order valence-corrected chi connectivity index (χ4v) is 5.57. The van der Waals surface area contributed by atoms with Gasteiger partial charge < -0.3 is 4.90 Å². The molecule has 0 N–H and O–H groups in total. The molecule has 184 valence electrons. The first-order valence-electron chi connectivity index (χ1n) is 13.6. The van der Waals surface area contributed by atoms with Gasteiger partial charge in [-0.3, -0.25) is 4.79 Å². The van der Waals surface area contributed by atoms with Gasteiger partial charge in [-0.1, -0.05) is 88.6 Å². The Kier molecular flexibility index (Phi) is 10.4. The predicted molar refractivity (Wildman–Crippen MR) is 146 cm³/mol. The summed E-state index contributed by atoms with van der Waals surface area (Å²) in [6.45, 7) is 8.87. The van der Waals surface area contributed by atoms with Gasteiger partial charge in [0.05, 0.1) is 0 Å². The monoisotopic (exact) mass is 459 g/mol. The van der Waals surface area contributed by atoms with Crippen molar-refractivity contribution in [3.63, 3.8) is 0 Å². The van der Waals surface area contributed by atoms with Crippen LogP contribution >= 0.6 is 0 Å². The number of hydrogen-bond donors (Lipinski definition) is 0. The molecule has 1 aliphatic rings. The van der Waals surface area contributed by atoms with E-state index in [4.69, 9.17) is 0 Å². The van der Waals surface area contributed by atoms with Crippen LogP contribution in [-0.2, 0) is 17.6 Å². The number of amides is 1. The van der Waals surface area contributed by atoms with Gasteiger partial charge in [0.25, 0.3) is 0 Å². The number of carbonyl (C=O) groups excluding carboxylic acids is 1.